The molecule has 1 amide bonds. The molecule has 1 aromatic heterocycles. The van der Waals surface area contributed by atoms with E-state index in [2.05, 4.69) is 10.00 Å². The maximum atomic E-state index is 13.3. The van der Waals surface area contributed by atoms with Gasteiger partial charge in [-0.05, 0) is 62.5 Å². The molecule has 0 radical (unpaired) electrons. The van der Waals surface area contributed by atoms with Crippen molar-refractivity contribution in [1.82, 2.24) is 14.7 Å². The van der Waals surface area contributed by atoms with Crippen LogP contribution in [-0.2, 0) is 23.2 Å². The van der Waals surface area contributed by atoms with Crippen molar-refractivity contribution in [2.75, 3.05) is 31.1 Å². The van der Waals surface area contributed by atoms with Crippen LogP contribution in [0.15, 0.2) is 29.1 Å². The summed E-state index contributed by atoms with van der Waals surface area (Å²) < 4.78 is 6.37. The number of esters is 1. The molecule has 0 bridgehead atoms. The Bertz CT molecular complexity index is 1180. The van der Waals surface area contributed by atoms with Gasteiger partial charge in [-0.3, -0.25) is 14.5 Å². The van der Waals surface area contributed by atoms with Gasteiger partial charge < -0.3 is 14.7 Å². The number of rotatable bonds is 4. The lowest BCUT2D eigenvalue weighted by Crippen LogP contribution is -2.46. The first-order chi connectivity index (χ1) is 15.8. The van der Waals surface area contributed by atoms with Gasteiger partial charge in [0.15, 0.2) is 5.82 Å². The van der Waals surface area contributed by atoms with Crippen LogP contribution in [0.1, 0.15) is 52.4 Å². The number of aromatic nitrogens is 2. The standard InChI is InChI=1S/C24H28N4O5/c1-15-16(3-4-17-18(15)14-33-22(17)31)19(29)13-27-10-7-24(8-11-27)9-12-28(23(24)32)20-5-6-21(30)26(2)25-20/h3-6,19,29H,7-14H2,1-2H3. The van der Waals surface area contributed by atoms with Crippen LogP contribution in [0, 0.1) is 12.3 Å². The van der Waals surface area contributed by atoms with Crippen LogP contribution in [0.5, 0.6) is 0 Å². The number of carbonyl (C=O) groups is 2. The van der Waals surface area contributed by atoms with Gasteiger partial charge in [0.05, 0.1) is 17.1 Å². The number of piperidine rings is 1. The number of β-amino-alcohol motifs (C(OH)–C–C–N with tert-alkyl or cyclic N) is 1. The number of hydrogen-bond donors (Lipinski definition) is 1. The molecule has 0 aliphatic carbocycles. The number of ether oxygens (including phenoxy) is 1. The van der Waals surface area contributed by atoms with Gasteiger partial charge >= 0.3 is 5.97 Å². The highest BCUT2D eigenvalue weighted by Gasteiger charge is 2.49. The summed E-state index contributed by atoms with van der Waals surface area (Å²) in [4.78, 5) is 40.6. The van der Waals surface area contributed by atoms with Crippen molar-refractivity contribution in [3.05, 3.63) is 56.9 Å². The fourth-order valence-corrected chi connectivity index (χ4v) is 5.37. The zero-order valence-corrected chi connectivity index (χ0v) is 18.9. The van der Waals surface area contributed by atoms with Crippen LogP contribution < -0.4 is 10.5 Å². The van der Waals surface area contributed by atoms with Crippen molar-refractivity contribution in [3.8, 4) is 0 Å². The van der Waals surface area contributed by atoms with Gasteiger partial charge in [0.1, 0.15) is 6.61 Å². The summed E-state index contributed by atoms with van der Waals surface area (Å²) in [5, 5.41) is 15.2. The van der Waals surface area contributed by atoms with E-state index < -0.39 is 11.5 Å². The lowest BCUT2D eigenvalue weighted by atomic mass is 9.77. The van der Waals surface area contributed by atoms with Gasteiger partial charge in [0.2, 0.25) is 5.91 Å². The highest BCUT2D eigenvalue weighted by atomic mass is 16.5. The zero-order valence-electron chi connectivity index (χ0n) is 18.9. The van der Waals surface area contributed by atoms with E-state index in [0.717, 1.165) is 49.0 Å². The third-order valence-corrected chi connectivity index (χ3v) is 7.55. The van der Waals surface area contributed by atoms with Crippen LogP contribution in [0.25, 0.3) is 0 Å². The van der Waals surface area contributed by atoms with E-state index in [-0.39, 0.29) is 24.0 Å². The average molecular weight is 453 g/mol. The molecule has 2 saturated heterocycles. The lowest BCUT2D eigenvalue weighted by Gasteiger charge is -2.38. The number of benzene rings is 1. The Morgan fingerprint density at radius 3 is 2.55 bits per heavy atom. The summed E-state index contributed by atoms with van der Waals surface area (Å²) in [7, 11) is 1.58. The molecule has 2 fully saturated rings. The molecule has 2 aromatic rings. The Morgan fingerprint density at radius 1 is 1.09 bits per heavy atom. The van der Waals surface area contributed by atoms with Gasteiger partial charge in [0, 0.05) is 31.8 Å². The van der Waals surface area contributed by atoms with E-state index >= 15 is 0 Å². The number of amides is 1. The lowest BCUT2D eigenvalue weighted by molar-refractivity contribution is -0.128. The molecule has 4 heterocycles. The Balaban J connectivity index is 1.23. The smallest absolute Gasteiger partial charge is 0.338 e. The first-order valence-corrected chi connectivity index (χ1v) is 11.4. The molecule has 1 atom stereocenters. The van der Waals surface area contributed by atoms with Gasteiger partial charge in [-0.1, -0.05) is 6.07 Å². The summed E-state index contributed by atoms with van der Waals surface area (Å²) in [5.74, 6) is 0.290. The normalized spacial score (nSPS) is 20.9. The average Bonchev–Trinajstić information content (AvgIpc) is 3.33. The third-order valence-electron chi connectivity index (χ3n) is 7.55. The number of hydrogen-bond acceptors (Lipinski definition) is 7. The molecule has 1 spiro atoms. The summed E-state index contributed by atoms with van der Waals surface area (Å²) in [5.41, 5.74) is 2.56. The molecule has 1 N–H and O–H groups in total. The van der Waals surface area contributed by atoms with Crippen molar-refractivity contribution < 1.29 is 19.4 Å². The fourth-order valence-electron chi connectivity index (χ4n) is 5.37. The minimum atomic E-state index is -0.675. The summed E-state index contributed by atoms with van der Waals surface area (Å²) >= 11 is 0. The summed E-state index contributed by atoms with van der Waals surface area (Å²) in [6.45, 7) is 4.71. The minimum Gasteiger partial charge on any atom is -0.457 e. The highest BCUT2D eigenvalue weighted by Crippen LogP contribution is 2.43. The molecule has 3 aliphatic rings. The molecule has 9 nitrogen and oxygen atoms in total. The largest absolute Gasteiger partial charge is 0.457 e. The molecule has 174 valence electrons. The predicted octanol–water partition coefficient (Wildman–Crippen LogP) is 1.31. The topological polar surface area (TPSA) is 105 Å². The van der Waals surface area contributed by atoms with Crippen molar-refractivity contribution in [3.63, 3.8) is 0 Å². The monoisotopic (exact) mass is 452 g/mol. The number of likely N-dealkylation sites (tertiary alicyclic amines) is 1. The number of nitrogens with zero attached hydrogens (tertiary/aromatic N) is 4. The van der Waals surface area contributed by atoms with Crippen LogP contribution in [-0.4, -0.2) is 57.8 Å². The van der Waals surface area contributed by atoms with E-state index in [1.807, 2.05) is 13.0 Å². The van der Waals surface area contributed by atoms with Gasteiger partial charge in [-0.25, -0.2) is 9.48 Å². The molecule has 0 saturated carbocycles. The molecular weight excluding hydrogens is 424 g/mol. The number of aryl methyl sites for hydroxylation is 1. The maximum Gasteiger partial charge on any atom is 0.338 e. The number of carbonyl (C=O) groups excluding carboxylic acids is 2. The van der Waals surface area contributed by atoms with Crippen LogP contribution in [0.2, 0.25) is 0 Å². The molecule has 33 heavy (non-hydrogen) atoms. The van der Waals surface area contributed by atoms with Crippen molar-refractivity contribution in [1.29, 1.82) is 0 Å². The minimum absolute atomic E-state index is 0.0768. The number of aliphatic hydroxyl groups excluding tert-OH is 1. The van der Waals surface area contributed by atoms with Crippen LogP contribution >= 0.6 is 0 Å². The summed E-state index contributed by atoms with van der Waals surface area (Å²) in [6.07, 6.45) is 1.55. The van der Waals surface area contributed by atoms with Crippen molar-refractivity contribution in [2.45, 2.75) is 38.9 Å². The van der Waals surface area contributed by atoms with E-state index in [4.69, 9.17) is 4.74 Å². The Hall–Kier alpha value is -3.04. The second-order valence-electron chi connectivity index (χ2n) is 9.34. The van der Waals surface area contributed by atoms with Crippen LogP contribution in [0.4, 0.5) is 5.82 Å². The van der Waals surface area contributed by atoms with Crippen LogP contribution in [0.3, 0.4) is 0 Å². The maximum absolute atomic E-state index is 13.3. The van der Waals surface area contributed by atoms with Gasteiger partial charge in [0.25, 0.3) is 5.56 Å². The Labute approximate surface area is 191 Å². The number of cyclic esters (lactones) is 1. The number of anilines is 1. The third kappa shape index (κ3) is 3.65. The number of fused-ring (bicyclic) bond motifs is 1. The quantitative estimate of drug-likeness (QED) is 0.698. The first kappa shape index (κ1) is 21.8. The fraction of sp³-hybridized carbons (Fsp3) is 0.500. The second kappa shape index (κ2) is 8.07. The van der Waals surface area contributed by atoms with E-state index in [1.165, 1.54) is 10.7 Å². The van der Waals surface area contributed by atoms with Crippen molar-refractivity contribution in [2.24, 2.45) is 12.5 Å². The van der Waals surface area contributed by atoms with E-state index in [9.17, 15) is 19.5 Å². The second-order valence-corrected chi connectivity index (χ2v) is 9.34. The Morgan fingerprint density at radius 2 is 1.82 bits per heavy atom. The number of aliphatic hydroxyl groups is 1. The SMILES string of the molecule is Cc1c(C(O)CN2CCC3(CC2)CCN(c2ccc(=O)n(C)n2)C3=O)ccc2c1COC2=O. The zero-order chi connectivity index (χ0) is 23.3. The molecule has 3 aliphatic heterocycles. The van der Waals surface area contributed by atoms with E-state index in [1.54, 1.807) is 24.1 Å². The Kier molecular flexibility index (Phi) is 5.33. The summed E-state index contributed by atoms with van der Waals surface area (Å²) in [6, 6.07) is 6.60. The molecule has 1 unspecified atom stereocenters. The van der Waals surface area contributed by atoms with E-state index in [0.29, 0.717) is 24.5 Å². The highest BCUT2D eigenvalue weighted by molar-refractivity contribution is 5.99. The van der Waals surface area contributed by atoms with Gasteiger partial charge in [-0.15, -0.1) is 0 Å². The molecule has 1 aromatic carbocycles. The molecular formula is C24H28N4O5. The molecule has 9 heteroatoms. The predicted molar refractivity (Wildman–Crippen MR) is 120 cm³/mol. The molecule has 5 rings (SSSR count). The van der Waals surface area contributed by atoms with Crippen molar-refractivity contribution >= 4 is 17.7 Å². The van der Waals surface area contributed by atoms with Gasteiger partial charge in [-0.2, -0.15) is 5.10 Å². The first-order valence-electron chi connectivity index (χ1n) is 11.4.